The molecule has 0 atom stereocenters. The number of thiophene rings is 1. The van der Waals surface area contributed by atoms with Crippen molar-refractivity contribution < 1.29 is 14.1 Å². The van der Waals surface area contributed by atoms with Gasteiger partial charge in [-0.1, -0.05) is 11.2 Å². The Bertz CT molecular complexity index is 1180. The Morgan fingerprint density at radius 3 is 3.07 bits per heavy atom. The molecule has 0 fully saturated rings. The van der Waals surface area contributed by atoms with Gasteiger partial charge in [0.1, 0.15) is 11.3 Å². The first-order chi connectivity index (χ1) is 14.2. The zero-order valence-corrected chi connectivity index (χ0v) is 16.1. The normalized spacial score (nSPS) is 13.3. The maximum Gasteiger partial charge on any atom is 0.261 e. The second-order valence-electron chi connectivity index (χ2n) is 6.42. The Morgan fingerprint density at radius 1 is 1.34 bits per heavy atom. The molecule has 0 spiro atoms. The number of hydrogen-bond donors (Lipinski definition) is 1. The van der Waals surface area contributed by atoms with E-state index in [4.69, 9.17) is 9.26 Å². The molecule has 4 heterocycles. The molecule has 11 heteroatoms. The molecule has 0 radical (unpaired) electrons. The molecular formula is C18H15N7O3S. The quantitative estimate of drug-likeness (QED) is 0.545. The number of aryl methyl sites for hydroxylation is 1. The summed E-state index contributed by atoms with van der Waals surface area (Å²) in [5.74, 6) is 0.690. The summed E-state index contributed by atoms with van der Waals surface area (Å²) < 4.78 is 12.5. The van der Waals surface area contributed by atoms with E-state index in [1.807, 2.05) is 6.07 Å². The summed E-state index contributed by atoms with van der Waals surface area (Å²) in [5, 5.41) is 18.7. The fourth-order valence-corrected chi connectivity index (χ4v) is 4.36. The second-order valence-corrected chi connectivity index (χ2v) is 7.52. The topological polar surface area (TPSA) is 121 Å². The van der Waals surface area contributed by atoms with E-state index in [1.54, 1.807) is 25.1 Å². The van der Waals surface area contributed by atoms with E-state index in [1.165, 1.54) is 22.3 Å². The first kappa shape index (κ1) is 17.6. The van der Waals surface area contributed by atoms with E-state index in [-0.39, 0.29) is 5.91 Å². The van der Waals surface area contributed by atoms with Gasteiger partial charge in [0.05, 0.1) is 24.5 Å². The van der Waals surface area contributed by atoms with E-state index in [9.17, 15) is 4.79 Å². The Labute approximate surface area is 168 Å². The molecule has 1 N–H and O–H groups in total. The maximum atomic E-state index is 13.0. The molecule has 5 rings (SSSR count). The molecule has 146 valence electrons. The highest BCUT2D eigenvalue weighted by Gasteiger charge is 2.27. The maximum absolute atomic E-state index is 13.0. The van der Waals surface area contributed by atoms with Crippen molar-refractivity contribution in [2.75, 3.05) is 11.9 Å². The average Bonchev–Trinajstić information content (AvgIpc) is 3.47. The van der Waals surface area contributed by atoms with Crippen LogP contribution in [0, 0.1) is 6.92 Å². The molecule has 10 nitrogen and oxygen atoms in total. The lowest BCUT2D eigenvalue weighted by molar-refractivity contribution is 0.102. The van der Waals surface area contributed by atoms with Crippen LogP contribution in [0.5, 0.6) is 0 Å². The molecular weight excluding hydrogens is 394 g/mol. The van der Waals surface area contributed by atoms with Gasteiger partial charge in [-0.2, -0.15) is 4.98 Å². The molecule has 1 aliphatic heterocycles. The fourth-order valence-electron chi connectivity index (χ4n) is 3.19. The number of benzene rings is 1. The van der Waals surface area contributed by atoms with Gasteiger partial charge in [-0.3, -0.25) is 4.79 Å². The lowest BCUT2D eigenvalue weighted by atomic mass is 10.1. The number of rotatable bonds is 4. The molecule has 0 saturated heterocycles. The van der Waals surface area contributed by atoms with Crippen LogP contribution in [-0.4, -0.2) is 42.9 Å². The minimum absolute atomic E-state index is 0.253. The van der Waals surface area contributed by atoms with Crippen molar-refractivity contribution in [1.29, 1.82) is 0 Å². The van der Waals surface area contributed by atoms with Gasteiger partial charge in [0.2, 0.25) is 0 Å². The summed E-state index contributed by atoms with van der Waals surface area (Å²) >= 11 is 1.47. The number of ether oxygens (including phenoxy) is 1. The number of carbonyl (C=O) groups is 1. The smallest absolute Gasteiger partial charge is 0.261 e. The summed E-state index contributed by atoms with van der Waals surface area (Å²) in [6.45, 7) is 2.88. The number of tetrazole rings is 1. The van der Waals surface area contributed by atoms with Gasteiger partial charge < -0.3 is 14.6 Å². The van der Waals surface area contributed by atoms with Crippen LogP contribution in [0.4, 0.5) is 5.00 Å². The third kappa shape index (κ3) is 3.30. The summed E-state index contributed by atoms with van der Waals surface area (Å²) in [6.07, 6.45) is 2.20. The predicted octanol–water partition coefficient (Wildman–Crippen LogP) is 2.41. The predicted molar refractivity (Wildman–Crippen MR) is 103 cm³/mol. The molecule has 3 aromatic heterocycles. The van der Waals surface area contributed by atoms with Crippen LogP contribution in [-0.2, 0) is 17.8 Å². The summed E-state index contributed by atoms with van der Waals surface area (Å²) in [5.41, 5.74) is 3.03. The van der Waals surface area contributed by atoms with E-state index in [0.717, 1.165) is 22.4 Å². The number of amides is 1. The molecule has 0 bridgehead atoms. The van der Waals surface area contributed by atoms with Crippen LogP contribution in [0.2, 0.25) is 0 Å². The molecule has 1 aromatic carbocycles. The number of carbonyl (C=O) groups excluding carboxylic acids is 1. The van der Waals surface area contributed by atoms with Gasteiger partial charge in [-0.15, -0.1) is 16.4 Å². The largest absolute Gasteiger partial charge is 0.376 e. The third-order valence-corrected chi connectivity index (χ3v) is 5.63. The molecule has 1 amide bonds. The van der Waals surface area contributed by atoms with Crippen molar-refractivity contribution in [3.05, 3.63) is 52.4 Å². The van der Waals surface area contributed by atoms with E-state index >= 15 is 0 Å². The zero-order valence-electron chi connectivity index (χ0n) is 15.3. The number of nitrogens with zero attached hydrogens (tertiary/aromatic N) is 6. The number of aromatic nitrogens is 6. The van der Waals surface area contributed by atoms with E-state index < -0.39 is 0 Å². The summed E-state index contributed by atoms with van der Waals surface area (Å²) in [6, 6.07) is 7.05. The van der Waals surface area contributed by atoms with E-state index in [0.29, 0.717) is 41.2 Å². The van der Waals surface area contributed by atoms with Gasteiger partial charge in [0.25, 0.3) is 11.8 Å². The van der Waals surface area contributed by atoms with Gasteiger partial charge in [-0.05, 0) is 47.5 Å². The lowest BCUT2D eigenvalue weighted by Gasteiger charge is -2.12. The van der Waals surface area contributed by atoms with Crippen molar-refractivity contribution in [3.63, 3.8) is 0 Å². The SMILES string of the molecule is Cc1noc(-c2c(NC(=O)c3cccc(-n4cnnn4)c3)sc3c2CCOC3)n1. The van der Waals surface area contributed by atoms with Crippen LogP contribution in [0.1, 0.15) is 26.6 Å². The highest BCUT2D eigenvalue weighted by atomic mass is 32.1. The monoisotopic (exact) mass is 409 g/mol. The highest BCUT2D eigenvalue weighted by Crippen LogP contribution is 2.42. The van der Waals surface area contributed by atoms with Gasteiger partial charge in [-0.25, -0.2) is 4.68 Å². The van der Waals surface area contributed by atoms with Crippen LogP contribution in [0.15, 0.2) is 35.1 Å². The summed E-state index contributed by atoms with van der Waals surface area (Å²) in [4.78, 5) is 18.4. The zero-order chi connectivity index (χ0) is 19.8. The molecule has 4 aromatic rings. The Hall–Kier alpha value is -3.44. The summed E-state index contributed by atoms with van der Waals surface area (Å²) in [7, 11) is 0. The van der Waals surface area contributed by atoms with Crippen molar-refractivity contribution >= 4 is 22.2 Å². The minimum atomic E-state index is -0.253. The molecule has 29 heavy (non-hydrogen) atoms. The first-order valence-corrected chi connectivity index (χ1v) is 9.68. The lowest BCUT2D eigenvalue weighted by Crippen LogP contribution is -2.12. The van der Waals surface area contributed by atoms with Crippen molar-refractivity contribution in [2.45, 2.75) is 20.0 Å². The number of hydrogen-bond acceptors (Lipinski definition) is 9. The van der Waals surface area contributed by atoms with Crippen LogP contribution in [0.3, 0.4) is 0 Å². The Balaban J connectivity index is 1.50. The first-order valence-electron chi connectivity index (χ1n) is 8.87. The van der Waals surface area contributed by atoms with Crippen LogP contribution in [0.25, 0.3) is 17.1 Å². The second kappa shape index (κ2) is 7.18. The van der Waals surface area contributed by atoms with Gasteiger partial charge in [0.15, 0.2) is 5.82 Å². The van der Waals surface area contributed by atoms with E-state index in [2.05, 4.69) is 31.0 Å². The number of anilines is 1. The highest BCUT2D eigenvalue weighted by molar-refractivity contribution is 7.17. The molecule has 1 aliphatic rings. The van der Waals surface area contributed by atoms with Crippen LogP contribution >= 0.6 is 11.3 Å². The number of nitrogens with one attached hydrogen (secondary N) is 1. The number of fused-ring (bicyclic) bond motifs is 1. The van der Waals surface area contributed by atoms with Crippen molar-refractivity contribution in [1.82, 2.24) is 30.3 Å². The van der Waals surface area contributed by atoms with Crippen LogP contribution < -0.4 is 5.32 Å². The third-order valence-electron chi connectivity index (χ3n) is 4.51. The Kier molecular flexibility index (Phi) is 4.37. The molecule has 0 unspecified atom stereocenters. The molecule has 0 saturated carbocycles. The van der Waals surface area contributed by atoms with Gasteiger partial charge >= 0.3 is 0 Å². The standard InChI is InChI=1S/C18H15N7O3S/c1-10-20-17(28-22-10)15-13-5-6-27-8-14(13)29-18(15)21-16(26)11-3-2-4-12(7-11)25-9-19-23-24-25/h2-4,7,9H,5-6,8H2,1H3,(H,21,26). The van der Waals surface area contributed by atoms with Crippen molar-refractivity contribution in [2.24, 2.45) is 0 Å². The van der Waals surface area contributed by atoms with Crippen molar-refractivity contribution in [3.8, 4) is 17.1 Å². The average molecular weight is 409 g/mol. The fraction of sp³-hybridized carbons (Fsp3) is 0.222. The Morgan fingerprint density at radius 2 is 2.28 bits per heavy atom. The minimum Gasteiger partial charge on any atom is -0.376 e. The van der Waals surface area contributed by atoms with Gasteiger partial charge in [0, 0.05) is 10.4 Å². The molecule has 0 aliphatic carbocycles.